The van der Waals surface area contributed by atoms with Gasteiger partial charge in [0, 0.05) is 11.4 Å². The second-order valence-corrected chi connectivity index (χ2v) is 8.55. The lowest BCUT2D eigenvalue weighted by molar-refractivity contribution is 0.282. The zero-order valence-electron chi connectivity index (χ0n) is 12.5. The summed E-state index contributed by atoms with van der Waals surface area (Å²) < 4.78 is 27.1. The van der Waals surface area contributed by atoms with Crippen LogP contribution in [0.1, 0.15) is 51.3 Å². The number of aliphatic hydroxyl groups is 1. The molecule has 2 N–H and O–H groups in total. The van der Waals surface area contributed by atoms with E-state index < -0.39 is 10.0 Å². The van der Waals surface area contributed by atoms with Gasteiger partial charge in [-0.25, -0.2) is 13.1 Å². The third kappa shape index (κ3) is 5.16. The molecule has 0 amide bonds. The van der Waals surface area contributed by atoms with Crippen molar-refractivity contribution in [3.05, 3.63) is 16.3 Å². The fourth-order valence-electron chi connectivity index (χ4n) is 1.99. The number of hydrogen-bond donors (Lipinski definition) is 2. The van der Waals surface area contributed by atoms with Gasteiger partial charge in [-0.3, -0.25) is 0 Å². The summed E-state index contributed by atoms with van der Waals surface area (Å²) in [6.07, 6.45) is 4.46. The highest BCUT2D eigenvalue weighted by Gasteiger charge is 2.24. The van der Waals surface area contributed by atoms with Crippen LogP contribution in [-0.4, -0.2) is 20.1 Å². The standard InChI is InChI=1S/C14H25NO3S2/c1-4-5-6-8-14(2,3)11-15-20(17,18)13-7-9-19-12(13)10-16/h7,9,15-16H,4-6,8,10-11H2,1-3H3. The minimum absolute atomic E-state index is 0.0579. The summed E-state index contributed by atoms with van der Waals surface area (Å²) in [6, 6.07) is 1.54. The number of thiophene rings is 1. The molecule has 0 spiro atoms. The molecule has 0 fully saturated rings. The quantitative estimate of drug-likeness (QED) is 0.687. The molecule has 20 heavy (non-hydrogen) atoms. The van der Waals surface area contributed by atoms with Crippen molar-refractivity contribution >= 4 is 21.4 Å². The van der Waals surface area contributed by atoms with E-state index >= 15 is 0 Å². The molecule has 0 radical (unpaired) electrons. The molecule has 116 valence electrons. The molecule has 1 aromatic rings. The lowest BCUT2D eigenvalue weighted by atomic mass is 9.87. The summed E-state index contributed by atoms with van der Waals surface area (Å²) in [4.78, 5) is 0.690. The van der Waals surface area contributed by atoms with E-state index in [0.717, 1.165) is 19.3 Å². The topological polar surface area (TPSA) is 66.4 Å². The van der Waals surface area contributed by atoms with Gasteiger partial charge in [0.15, 0.2) is 0 Å². The van der Waals surface area contributed by atoms with E-state index in [1.807, 2.05) is 0 Å². The molecular weight excluding hydrogens is 294 g/mol. The van der Waals surface area contributed by atoms with Crippen molar-refractivity contribution in [3.63, 3.8) is 0 Å². The first-order chi connectivity index (χ1) is 9.32. The highest BCUT2D eigenvalue weighted by molar-refractivity contribution is 7.89. The number of aliphatic hydroxyl groups excluding tert-OH is 1. The first-order valence-corrected chi connectivity index (χ1v) is 9.35. The van der Waals surface area contributed by atoms with Crippen LogP contribution in [-0.2, 0) is 16.6 Å². The van der Waals surface area contributed by atoms with E-state index in [-0.39, 0.29) is 16.9 Å². The lowest BCUT2D eigenvalue weighted by Crippen LogP contribution is -2.34. The van der Waals surface area contributed by atoms with Gasteiger partial charge in [-0.15, -0.1) is 11.3 Å². The van der Waals surface area contributed by atoms with Crippen molar-refractivity contribution in [2.45, 2.75) is 58.0 Å². The summed E-state index contributed by atoms with van der Waals surface area (Å²) >= 11 is 1.26. The van der Waals surface area contributed by atoms with E-state index in [1.165, 1.54) is 17.8 Å². The van der Waals surface area contributed by atoms with Crippen molar-refractivity contribution in [3.8, 4) is 0 Å². The van der Waals surface area contributed by atoms with Gasteiger partial charge >= 0.3 is 0 Å². The maximum Gasteiger partial charge on any atom is 0.241 e. The fourth-order valence-corrected chi connectivity index (χ4v) is 4.53. The normalized spacial score (nSPS) is 12.8. The Hall–Kier alpha value is -0.430. The van der Waals surface area contributed by atoms with E-state index in [2.05, 4.69) is 25.5 Å². The Morgan fingerprint density at radius 2 is 2.05 bits per heavy atom. The molecule has 6 heteroatoms. The van der Waals surface area contributed by atoms with Crippen molar-refractivity contribution in [2.24, 2.45) is 5.41 Å². The van der Waals surface area contributed by atoms with Gasteiger partial charge < -0.3 is 5.11 Å². The van der Waals surface area contributed by atoms with Crippen LogP contribution in [0.25, 0.3) is 0 Å². The molecule has 0 saturated heterocycles. The molecule has 0 aliphatic carbocycles. The van der Waals surface area contributed by atoms with Crippen LogP contribution in [0.15, 0.2) is 16.3 Å². The summed E-state index contributed by atoms with van der Waals surface area (Å²) in [6.45, 7) is 6.48. The maximum absolute atomic E-state index is 12.2. The molecule has 1 rings (SSSR count). The van der Waals surface area contributed by atoms with Crippen molar-refractivity contribution in [2.75, 3.05) is 6.54 Å². The number of rotatable bonds is 9. The van der Waals surface area contributed by atoms with E-state index in [0.29, 0.717) is 11.4 Å². The van der Waals surface area contributed by atoms with Crippen LogP contribution in [0, 0.1) is 5.41 Å². The summed E-state index contributed by atoms with van der Waals surface area (Å²) in [5, 5.41) is 10.8. The Balaban J connectivity index is 2.63. The molecule has 0 atom stereocenters. The monoisotopic (exact) mass is 319 g/mol. The Labute approximate surface area is 126 Å². The average Bonchev–Trinajstić information content (AvgIpc) is 2.86. The van der Waals surface area contributed by atoms with Gasteiger partial charge in [0.2, 0.25) is 10.0 Å². The number of sulfonamides is 1. The predicted octanol–water partition coefficient (Wildman–Crippen LogP) is 3.13. The minimum atomic E-state index is -3.52. The van der Waals surface area contributed by atoms with Crippen LogP contribution in [0.2, 0.25) is 0 Å². The number of nitrogens with one attached hydrogen (secondary N) is 1. The molecule has 0 aliphatic rings. The molecule has 1 heterocycles. The van der Waals surface area contributed by atoms with Crippen molar-refractivity contribution < 1.29 is 13.5 Å². The second-order valence-electron chi connectivity index (χ2n) is 5.81. The molecule has 4 nitrogen and oxygen atoms in total. The molecule has 1 aromatic heterocycles. The van der Waals surface area contributed by atoms with Gasteiger partial charge in [-0.2, -0.15) is 0 Å². The van der Waals surface area contributed by atoms with Crippen LogP contribution < -0.4 is 4.72 Å². The van der Waals surface area contributed by atoms with Crippen LogP contribution in [0.4, 0.5) is 0 Å². The molecule has 0 aliphatic heterocycles. The SMILES string of the molecule is CCCCCC(C)(C)CNS(=O)(=O)c1ccsc1CO. The van der Waals surface area contributed by atoms with Crippen molar-refractivity contribution in [1.82, 2.24) is 4.72 Å². The van der Waals surface area contributed by atoms with Crippen molar-refractivity contribution in [1.29, 1.82) is 0 Å². The van der Waals surface area contributed by atoms with E-state index in [4.69, 9.17) is 5.11 Å². The summed E-state index contributed by atoms with van der Waals surface area (Å²) in [7, 11) is -3.52. The fraction of sp³-hybridized carbons (Fsp3) is 0.714. The number of hydrogen-bond acceptors (Lipinski definition) is 4. The van der Waals surface area contributed by atoms with Crippen LogP contribution in [0.3, 0.4) is 0 Å². The molecule has 0 saturated carbocycles. The Morgan fingerprint density at radius 3 is 2.65 bits per heavy atom. The van der Waals surface area contributed by atoms with Gasteiger partial charge in [0.25, 0.3) is 0 Å². The van der Waals surface area contributed by atoms with Gasteiger partial charge in [-0.1, -0.05) is 40.0 Å². The van der Waals surface area contributed by atoms with E-state index in [1.54, 1.807) is 11.4 Å². The highest BCUT2D eigenvalue weighted by Crippen LogP contribution is 2.25. The Kier molecular flexibility index (Phi) is 6.64. The lowest BCUT2D eigenvalue weighted by Gasteiger charge is -2.24. The van der Waals surface area contributed by atoms with Gasteiger partial charge in [0.1, 0.15) is 0 Å². The summed E-state index contributed by atoms with van der Waals surface area (Å²) in [5.41, 5.74) is -0.0579. The molecular formula is C14H25NO3S2. The second kappa shape index (κ2) is 7.54. The summed E-state index contributed by atoms with van der Waals surface area (Å²) in [5.74, 6) is 0. The Bertz CT molecular complexity index is 506. The molecule has 0 bridgehead atoms. The Morgan fingerprint density at radius 1 is 1.35 bits per heavy atom. The largest absolute Gasteiger partial charge is 0.391 e. The van der Waals surface area contributed by atoms with Crippen LogP contribution >= 0.6 is 11.3 Å². The van der Waals surface area contributed by atoms with Crippen LogP contribution in [0.5, 0.6) is 0 Å². The zero-order chi connectivity index (χ0) is 15.2. The zero-order valence-corrected chi connectivity index (χ0v) is 14.1. The molecule has 0 unspecified atom stereocenters. The number of unbranched alkanes of at least 4 members (excludes halogenated alkanes) is 2. The maximum atomic E-state index is 12.2. The minimum Gasteiger partial charge on any atom is -0.391 e. The smallest absolute Gasteiger partial charge is 0.241 e. The first-order valence-electron chi connectivity index (χ1n) is 6.99. The molecule has 0 aromatic carbocycles. The van der Waals surface area contributed by atoms with E-state index in [9.17, 15) is 8.42 Å². The first kappa shape index (κ1) is 17.6. The average molecular weight is 319 g/mol. The highest BCUT2D eigenvalue weighted by atomic mass is 32.2. The van der Waals surface area contributed by atoms with Gasteiger partial charge in [0.05, 0.1) is 11.5 Å². The third-order valence-corrected chi connectivity index (χ3v) is 5.86. The third-order valence-electron chi connectivity index (χ3n) is 3.34. The predicted molar refractivity (Wildman–Crippen MR) is 83.4 cm³/mol. The van der Waals surface area contributed by atoms with Gasteiger partial charge in [-0.05, 0) is 23.3 Å².